The van der Waals surface area contributed by atoms with Gasteiger partial charge in [-0.05, 0) is 24.6 Å². The lowest BCUT2D eigenvalue weighted by molar-refractivity contribution is 0.0940. The monoisotopic (exact) mass is 261 g/mol. The number of phenols is 1. The molecule has 88 valence electrons. The summed E-state index contributed by atoms with van der Waals surface area (Å²) in [5.74, 6) is 0.0885. The predicted molar refractivity (Wildman–Crippen MR) is 65.4 cm³/mol. The average molecular weight is 262 g/mol. The molecule has 1 unspecified atom stereocenters. The molecule has 3 nitrogen and oxygen atoms in total. The van der Waals surface area contributed by atoms with Crippen molar-refractivity contribution in [2.45, 2.75) is 19.4 Å². The van der Waals surface area contributed by atoms with Gasteiger partial charge in [0, 0.05) is 17.5 Å². The lowest BCUT2D eigenvalue weighted by Gasteiger charge is -2.13. The highest BCUT2D eigenvalue weighted by Gasteiger charge is 2.12. The van der Waals surface area contributed by atoms with Gasteiger partial charge in [0.15, 0.2) is 0 Å². The van der Waals surface area contributed by atoms with Gasteiger partial charge in [-0.1, -0.05) is 18.5 Å². The summed E-state index contributed by atoms with van der Waals surface area (Å²) in [6.45, 7) is 1.94. The van der Waals surface area contributed by atoms with E-state index in [1.165, 1.54) is 18.2 Å². The van der Waals surface area contributed by atoms with E-state index in [0.717, 1.165) is 6.42 Å². The molecule has 0 aliphatic heterocycles. The Morgan fingerprint density at radius 3 is 2.75 bits per heavy atom. The minimum absolute atomic E-state index is 0.0393. The first-order chi connectivity index (χ1) is 7.58. The Bertz CT molecular complexity index is 378. The van der Waals surface area contributed by atoms with E-state index in [2.05, 4.69) is 5.32 Å². The van der Waals surface area contributed by atoms with Gasteiger partial charge in [0.05, 0.1) is 5.02 Å². The Morgan fingerprint density at radius 1 is 1.56 bits per heavy atom. The van der Waals surface area contributed by atoms with Crippen molar-refractivity contribution in [3.05, 3.63) is 28.8 Å². The standard InChI is InChI=1S/C11H13Cl2NO2/c1-2-8(6-12)14-11(16)7-3-4-10(15)9(13)5-7/h3-5,8,15H,2,6H2,1H3,(H,14,16). The van der Waals surface area contributed by atoms with Gasteiger partial charge in [-0.25, -0.2) is 0 Å². The molecule has 5 heteroatoms. The van der Waals surface area contributed by atoms with Gasteiger partial charge in [-0.2, -0.15) is 0 Å². The van der Waals surface area contributed by atoms with Crippen LogP contribution in [-0.4, -0.2) is 22.9 Å². The number of carbonyl (C=O) groups is 1. The van der Waals surface area contributed by atoms with E-state index >= 15 is 0 Å². The molecular weight excluding hydrogens is 249 g/mol. The third-order valence-corrected chi connectivity index (χ3v) is 2.90. The van der Waals surface area contributed by atoms with E-state index in [4.69, 9.17) is 23.2 Å². The van der Waals surface area contributed by atoms with Crippen molar-refractivity contribution in [1.29, 1.82) is 0 Å². The normalized spacial score (nSPS) is 12.2. The van der Waals surface area contributed by atoms with Crippen LogP contribution in [0.15, 0.2) is 18.2 Å². The second-order valence-electron chi connectivity index (χ2n) is 3.40. The van der Waals surface area contributed by atoms with E-state index in [1.54, 1.807) is 0 Å². The molecule has 0 heterocycles. The molecule has 1 amide bonds. The first-order valence-corrected chi connectivity index (χ1v) is 5.85. The van der Waals surface area contributed by atoms with Crippen molar-refractivity contribution >= 4 is 29.1 Å². The van der Waals surface area contributed by atoms with Crippen LogP contribution < -0.4 is 5.32 Å². The van der Waals surface area contributed by atoms with Crippen LogP contribution in [-0.2, 0) is 0 Å². The van der Waals surface area contributed by atoms with Crippen LogP contribution in [0.25, 0.3) is 0 Å². The molecule has 0 aliphatic carbocycles. The van der Waals surface area contributed by atoms with Crippen LogP contribution >= 0.6 is 23.2 Å². The van der Waals surface area contributed by atoms with Gasteiger partial charge in [0.1, 0.15) is 5.75 Å². The highest BCUT2D eigenvalue weighted by Crippen LogP contribution is 2.23. The van der Waals surface area contributed by atoms with Crippen molar-refractivity contribution in [3.8, 4) is 5.75 Å². The number of hydrogen-bond donors (Lipinski definition) is 2. The number of nitrogens with one attached hydrogen (secondary N) is 1. The fourth-order valence-corrected chi connectivity index (χ4v) is 1.64. The number of alkyl halides is 1. The van der Waals surface area contributed by atoms with Crippen molar-refractivity contribution < 1.29 is 9.90 Å². The molecule has 16 heavy (non-hydrogen) atoms. The first kappa shape index (κ1) is 13.1. The summed E-state index contributed by atoms with van der Waals surface area (Å²) in [6.07, 6.45) is 0.765. The fourth-order valence-electron chi connectivity index (χ4n) is 1.17. The second kappa shape index (κ2) is 5.97. The lowest BCUT2D eigenvalue weighted by atomic mass is 10.2. The molecule has 0 aliphatic rings. The predicted octanol–water partition coefficient (Wildman–Crippen LogP) is 2.79. The molecule has 1 atom stereocenters. The van der Waals surface area contributed by atoms with Crippen molar-refractivity contribution in [3.63, 3.8) is 0 Å². The topological polar surface area (TPSA) is 49.3 Å². The summed E-state index contributed by atoms with van der Waals surface area (Å²) in [6, 6.07) is 4.27. The third kappa shape index (κ3) is 3.29. The minimum atomic E-state index is -0.241. The number of phenolic OH excluding ortho intramolecular Hbond substituents is 1. The van der Waals surface area contributed by atoms with Gasteiger partial charge in [0.25, 0.3) is 5.91 Å². The molecule has 1 aromatic rings. The highest BCUT2D eigenvalue weighted by atomic mass is 35.5. The number of rotatable bonds is 4. The van der Waals surface area contributed by atoms with E-state index in [0.29, 0.717) is 11.4 Å². The summed E-state index contributed by atoms with van der Waals surface area (Å²) >= 11 is 11.4. The summed E-state index contributed by atoms with van der Waals surface area (Å²) < 4.78 is 0. The van der Waals surface area contributed by atoms with Gasteiger partial charge in [-0.3, -0.25) is 4.79 Å². The number of aromatic hydroxyl groups is 1. The van der Waals surface area contributed by atoms with E-state index in [-0.39, 0.29) is 22.7 Å². The SMILES string of the molecule is CCC(CCl)NC(=O)c1ccc(O)c(Cl)c1. The molecule has 0 saturated heterocycles. The molecule has 0 saturated carbocycles. The maximum absolute atomic E-state index is 11.7. The molecule has 1 aromatic carbocycles. The highest BCUT2D eigenvalue weighted by molar-refractivity contribution is 6.32. The number of amides is 1. The Labute approximate surface area is 104 Å². The smallest absolute Gasteiger partial charge is 0.251 e. The van der Waals surface area contributed by atoms with E-state index in [1.807, 2.05) is 6.92 Å². The van der Waals surface area contributed by atoms with Crippen LogP contribution in [0.4, 0.5) is 0 Å². The van der Waals surface area contributed by atoms with Gasteiger partial charge < -0.3 is 10.4 Å². The van der Waals surface area contributed by atoms with E-state index < -0.39 is 0 Å². The quantitative estimate of drug-likeness (QED) is 0.820. The van der Waals surface area contributed by atoms with E-state index in [9.17, 15) is 9.90 Å². The van der Waals surface area contributed by atoms with Crippen LogP contribution in [0.1, 0.15) is 23.7 Å². The van der Waals surface area contributed by atoms with Gasteiger partial charge in [0.2, 0.25) is 0 Å². The molecule has 1 rings (SSSR count). The average Bonchev–Trinajstić information content (AvgIpc) is 2.29. The lowest BCUT2D eigenvalue weighted by Crippen LogP contribution is -2.35. The number of benzene rings is 1. The fraction of sp³-hybridized carbons (Fsp3) is 0.364. The summed E-state index contributed by atoms with van der Waals surface area (Å²) in [5, 5.41) is 12.1. The second-order valence-corrected chi connectivity index (χ2v) is 4.11. The summed E-state index contributed by atoms with van der Waals surface area (Å²) in [4.78, 5) is 11.7. The Kier molecular flexibility index (Phi) is 4.90. The Balaban J connectivity index is 2.76. The Hall–Kier alpha value is -0.930. The van der Waals surface area contributed by atoms with Gasteiger partial charge >= 0.3 is 0 Å². The number of hydrogen-bond acceptors (Lipinski definition) is 2. The summed E-state index contributed by atoms with van der Waals surface area (Å²) in [5.41, 5.74) is 0.409. The maximum atomic E-state index is 11.7. The molecule has 0 aromatic heterocycles. The molecule has 0 spiro atoms. The van der Waals surface area contributed by atoms with Crippen LogP contribution in [0.2, 0.25) is 5.02 Å². The zero-order valence-electron chi connectivity index (χ0n) is 8.84. The van der Waals surface area contributed by atoms with Crippen molar-refractivity contribution in [2.24, 2.45) is 0 Å². The van der Waals surface area contributed by atoms with Gasteiger partial charge in [-0.15, -0.1) is 11.6 Å². The molecule has 0 bridgehead atoms. The van der Waals surface area contributed by atoms with Crippen LogP contribution in [0, 0.1) is 0 Å². The van der Waals surface area contributed by atoms with Crippen molar-refractivity contribution in [2.75, 3.05) is 5.88 Å². The third-order valence-electron chi connectivity index (χ3n) is 2.22. The molecular formula is C11H13Cl2NO2. The molecule has 0 radical (unpaired) electrons. The minimum Gasteiger partial charge on any atom is -0.506 e. The largest absolute Gasteiger partial charge is 0.506 e. The summed E-state index contributed by atoms with van der Waals surface area (Å²) in [7, 11) is 0. The number of carbonyl (C=O) groups excluding carboxylic acids is 1. The zero-order chi connectivity index (χ0) is 12.1. The first-order valence-electron chi connectivity index (χ1n) is 4.93. The molecule has 2 N–H and O–H groups in total. The van der Waals surface area contributed by atoms with Crippen molar-refractivity contribution in [1.82, 2.24) is 5.32 Å². The van der Waals surface area contributed by atoms with Crippen LogP contribution in [0.3, 0.4) is 0 Å². The Morgan fingerprint density at radius 2 is 2.25 bits per heavy atom. The van der Waals surface area contributed by atoms with Crippen LogP contribution in [0.5, 0.6) is 5.75 Å². The maximum Gasteiger partial charge on any atom is 0.251 e. The molecule has 0 fully saturated rings. The number of halogens is 2. The zero-order valence-corrected chi connectivity index (χ0v) is 10.3.